The van der Waals surface area contributed by atoms with Crippen molar-refractivity contribution in [2.45, 2.75) is 46.1 Å². The SMILES string of the molecule is CC(C)CNC(=O)CCNCc1ccc2c(c1)CCC2. The lowest BCUT2D eigenvalue weighted by atomic mass is 10.1. The van der Waals surface area contributed by atoms with Gasteiger partial charge < -0.3 is 10.6 Å². The Bertz CT molecular complexity index is 454. The molecule has 110 valence electrons. The summed E-state index contributed by atoms with van der Waals surface area (Å²) in [6, 6.07) is 6.78. The van der Waals surface area contributed by atoms with Crippen LogP contribution in [0.2, 0.25) is 0 Å². The molecule has 1 aliphatic carbocycles. The molecule has 0 unspecified atom stereocenters. The molecule has 1 amide bonds. The lowest BCUT2D eigenvalue weighted by Crippen LogP contribution is -2.30. The van der Waals surface area contributed by atoms with Crippen LogP contribution in [-0.4, -0.2) is 19.0 Å². The first-order chi connectivity index (χ1) is 9.65. The van der Waals surface area contributed by atoms with E-state index in [0.717, 1.165) is 19.6 Å². The second kappa shape index (κ2) is 7.44. The molecule has 2 rings (SSSR count). The molecule has 0 aromatic heterocycles. The molecule has 0 atom stereocenters. The van der Waals surface area contributed by atoms with E-state index in [2.05, 4.69) is 42.7 Å². The summed E-state index contributed by atoms with van der Waals surface area (Å²) >= 11 is 0. The number of carbonyl (C=O) groups is 1. The minimum absolute atomic E-state index is 0.139. The van der Waals surface area contributed by atoms with E-state index in [9.17, 15) is 4.79 Å². The van der Waals surface area contributed by atoms with Crippen LogP contribution in [0.25, 0.3) is 0 Å². The van der Waals surface area contributed by atoms with Crippen molar-refractivity contribution in [2.75, 3.05) is 13.1 Å². The van der Waals surface area contributed by atoms with Gasteiger partial charge in [-0.25, -0.2) is 0 Å². The Morgan fingerprint density at radius 2 is 2.05 bits per heavy atom. The Kier molecular flexibility index (Phi) is 5.60. The third-order valence-electron chi connectivity index (χ3n) is 3.73. The maximum Gasteiger partial charge on any atom is 0.221 e. The summed E-state index contributed by atoms with van der Waals surface area (Å²) in [4.78, 5) is 11.6. The predicted octanol–water partition coefficient (Wildman–Crippen LogP) is 2.43. The van der Waals surface area contributed by atoms with E-state index in [4.69, 9.17) is 0 Å². The van der Waals surface area contributed by atoms with Gasteiger partial charge in [-0.15, -0.1) is 0 Å². The molecule has 0 saturated heterocycles. The second-order valence-corrected chi connectivity index (χ2v) is 6.08. The summed E-state index contributed by atoms with van der Waals surface area (Å²) in [6.07, 6.45) is 4.31. The fourth-order valence-electron chi connectivity index (χ4n) is 2.58. The van der Waals surface area contributed by atoms with E-state index in [1.54, 1.807) is 0 Å². The smallest absolute Gasteiger partial charge is 0.221 e. The van der Waals surface area contributed by atoms with Crippen molar-refractivity contribution in [3.63, 3.8) is 0 Å². The van der Waals surface area contributed by atoms with Crippen LogP contribution in [0.1, 0.15) is 43.4 Å². The van der Waals surface area contributed by atoms with Crippen LogP contribution in [0.4, 0.5) is 0 Å². The van der Waals surface area contributed by atoms with Crippen molar-refractivity contribution in [3.8, 4) is 0 Å². The Balaban J connectivity index is 1.65. The average Bonchev–Trinajstić information content (AvgIpc) is 2.88. The highest BCUT2D eigenvalue weighted by molar-refractivity contribution is 5.76. The van der Waals surface area contributed by atoms with Crippen molar-refractivity contribution in [3.05, 3.63) is 34.9 Å². The molecular formula is C17H26N2O. The summed E-state index contributed by atoms with van der Waals surface area (Å²) < 4.78 is 0. The molecule has 3 nitrogen and oxygen atoms in total. The van der Waals surface area contributed by atoms with Crippen LogP contribution < -0.4 is 10.6 Å². The van der Waals surface area contributed by atoms with Crippen molar-refractivity contribution in [1.82, 2.24) is 10.6 Å². The Morgan fingerprint density at radius 1 is 1.25 bits per heavy atom. The molecular weight excluding hydrogens is 248 g/mol. The van der Waals surface area contributed by atoms with Gasteiger partial charge in [0, 0.05) is 26.1 Å². The minimum Gasteiger partial charge on any atom is -0.356 e. The highest BCUT2D eigenvalue weighted by atomic mass is 16.1. The van der Waals surface area contributed by atoms with Crippen LogP contribution in [0.3, 0.4) is 0 Å². The number of carbonyl (C=O) groups excluding carboxylic acids is 1. The van der Waals surface area contributed by atoms with Crippen LogP contribution in [0, 0.1) is 5.92 Å². The molecule has 0 spiro atoms. The third kappa shape index (κ3) is 4.64. The van der Waals surface area contributed by atoms with E-state index in [0.29, 0.717) is 12.3 Å². The summed E-state index contributed by atoms with van der Waals surface area (Å²) in [5, 5.41) is 6.29. The molecule has 0 radical (unpaired) electrons. The number of hydrogen-bond acceptors (Lipinski definition) is 2. The number of amides is 1. The quantitative estimate of drug-likeness (QED) is 0.750. The van der Waals surface area contributed by atoms with Gasteiger partial charge in [0.15, 0.2) is 0 Å². The summed E-state index contributed by atoms with van der Waals surface area (Å²) in [7, 11) is 0. The molecule has 0 saturated carbocycles. The van der Waals surface area contributed by atoms with E-state index >= 15 is 0 Å². The van der Waals surface area contributed by atoms with Gasteiger partial charge in [0.1, 0.15) is 0 Å². The Morgan fingerprint density at radius 3 is 2.85 bits per heavy atom. The van der Waals surface area contributed by atoms with Crippen molar-refractivity contribution < 1.29 is 4.79 Å². The standard InChI is InChI=1S/C17H26N2O/c1-13(2)11-19-17(20)8-9-18-12-14-6-7-15-4-3-5-16(15)10-14/h6-7,10,13,18H,3-5,8-9,11-12H2,1-2H3,(H,19,20). The maximum atomic E-state index is 11.6. The van der Waals surface area contributed by atoms with Crippen molar-refractivity contribution in [1.29, 1.82) is 0 Å². The first-order valence-corrected chi connectivity index (χ1v) is 7.73. The topological polar surface area (TPSA) is 41.1 Å². The molecule has 1 aromatic rings. The van der Waals surface area contributed by atoms with E-state index in [-0.39, 0.29) is 5.91 Å². The zero-order valence-corrected chi connectivity index (χ0v) is 12.7. The molecule has 0 heterocycles. The Hall–Kier alpha value is -1.35. The number of rotatable bonds is 7. The molecule has 20 heavy (non-hydrogen) atoms. The molecule has 1 aliphatic rings. The van der Waals surface area contributed by atoms with E-state index in [1.807, 2.05) is 0 Å². The Labute approximate surface area is 122 Å². The number of fused-ring (bicyclic) bond motifs is 1. The second-order valence-electron chi connectivity index (χ2n) is 6.08. The van der Waals surface area contributed by atoms with E-state index < -0.39 is 0 Å². The van der Waals surface area contributed by atoms with Gasteiger partial charge in [0.25, 0.3) is 0 Å². The number of aryl methyl sites for hydroxylation is 2. The highest BCUT2D eigenvalue weighted by Gasteiger charge is 2.10. The lowest BCUT2D eigenvalue weighted by Gasteiger charge is -2.09. The molecule has 0 aliphatic heterocycles. The average molecular weight is 274 g/mol. The van der Waals surface area contributed by atoms with Gasteiger partial charge in [0.05, 0.1) is 0 Å². The summed E-state index contributed by atoms with van der Waals surface area (Å²) in [5.74, 6) is 0.651. The summed E-state index contributed by atoms with van der Waals surface area (Å²) in [5.41, 5.74) is 4.36. The predicted molar refractivity (Wildman–Crippen MR) is 82.6 cm³/mol. The lowest BCUT2D eigenvalue weighted by molar-refractivity contribution is -0.121. The third-order valence-corrected chi connectivity index (χ3v) is 3.73. The first-order valence-electron chi connectivity index (χ1n) is 7.73. The van der Waals surface area contributed by atoms with Gasteiger partial charge in [-0.2, -0.15) is 0 Å². The molecule has 0 bridgehead atoms. The van der Waals surface area contributed by atoms with E-state index in [1.165, 1.54) is 36.0 Å². The summed E-state index contributed by atoms with van der Waals surface area (Å²) in [6.45, 7) is 6.56. The zero-order chi connectivity index (χ0) is 14.4. The number of benzene rings is 1. The van der Waals surface area contributed by atoms with Gasteiger partial charge in [0.2, 0.25) is 5.91 Å². The van der Waals surface area contributed by atoms with Crippen LogP contribution in [0.5, 0.6) is 0 Å². The largest absolute Gasteiger partial charge is 0.356 e. The molecule has 0 fully saturated rings. The number of hydrogen-bond donors (Lipinski definition) is 2. The molecule has 3 heteroatoms. The van der Waals surface area contributed by atoms with Crippen molar-refractivity contribution >= 4 is 5.91 Å². The number of nitrogens with one attached hydrogen (secondary N) is 2. The van der Waals surface area contributed by atoms with Gasteiger partial charge in [-0.3, -0.25) is 4.79 Å². The molecule has 1 aromatic carbocycles. The van der Waals surface area contributed by atoms with Gasteiger partial charge in [-0.1, -0.05) is 32.0 Å². The first kappa shape index (κ1) is 15.0. The van der Waals surface area contributed by atoms with Gasteiger partial charge in [-0.05, 0) is 41.9 Å². The normalized spacial score (nSPS) is 13.6. The minimum atomic E-state index is 0.139. The fraction of sp³-hybridized carbons (Fsp3) is 0.588. The van der Waals surface area contributed by atoms with Crippen LogP contribution in [0.15, 0.2) is 18.2 Å². The zero-order valence-electron chi connectivity index (χ0n) is 12.7. The van der Waals surface area contributed by atoms with Crippen LogP contribution >= 0.6 is 0 Å². The fourth-order valence-corrected chi connectivity index (χ4v) is 2.58. The highest BCUT2D eigenvalue weighted by Crippen LogP contribution is 2.22. The monoisotopic (exact) mass is 274 g/mol. The maximum absolute atomic E-state index is 11.6. The van der Waals surface area contributed by atoms with Gasteiger partial charge >= 0.3 is 0 Å². The van der Waals surface area contributed by atoms with Crippen LogP contribution in [-0.2, 0) is 24.2 Å². The van der Waals surface area contributed by atoms with Crippen molar-refractivity contribution in [2.24, 2.45) is 5.92 Å². The molecule has 2 N–H and O–H groups in total.